The van der Waals surface area contributed by atoms with Gasteiger partial charge in [-0.05, 0) is 69.3 Å². The molecule has 25 heavy (non-hydrogen) atoms. The van der Waals surface area contributed by atoms with Crippen LogP contribution in [-0.4, -0.2) is 19.8 Å². The second-order valence-corrected chi connectivity index (χ2v) is 9.65. The van der Waals surface area contributed by atoms with Gasteiger partial charge in [0.05, 0.1) is 0 Å². The molecule has 4 bridgehead atoms. The van der Waals surface area contributed by atoms with Gasteiger partial charge in [-0.1, -0.05) is 35.1 Å². The lowest BCUT2D eigenvalue weighted by atomic mass is 9.50. The molecule has 0 N–H and O–H groups in total. The second-order valence-electron chi connectivity index (χ2n) is 8.69. The van der Waals surface area contributed by atoms with Gasteiger partial charge in [0, 0.05) is 11.0 Å². The van der Waals surface area contributed by atoms with Crippen molar-refractivity contribution in [3.63, 3.8) is 0 Å². The number of nitrogens with zero attached hydrogens (tertiary/aromatic N) is 4. The van der Waals surface area contributed by atoms with E-state index in [9.17, 15) is 0 Å². The summed E-state index contributed by atoms with van der Waals surface area (Å²) in [5, 5.41) is 15.3. The van der Waals surface area contributed by atoms with Crippen LogP contribution in [0.5, 0.6) is 0 Å². The van der Waals surface area contributed by atoms with Crippen LogP contribution in [0, 0.1) is 24.7 Å². The molecule has 4 aliphatic carbocycles. The van der Waals surface area contributed by atoms with Gasteiger partial charge in [-0.25, -0.2) is 0 Å². The van der Waals surface area contributed by atoms with Crippen LogP contribution in [0.1, 0.15) is 49.1 Å². The van der Waals surface area contributed by atoms with Crippen LogP contribution in [0.15, 0.2) is 24.3 Å². The molecule has 0 atom stereocenters. The normalized spacial score (nSPS) is 33.4. The first kappa shape index (κ1) is 14.4. The summed E-state index contributed by atoms with van der Waals surface area (Å²) in [5.41, 5.74) is 2.69. The Morgan fingerprint density at radius 2 is 1.76 bits per heavy atom. The van der Waals surface area contributed by atoms with Crippen LogP contribution in [0.25, 0.3) is 16.3 Å². The van der Waals surface area contributed by atoms with Crippen LogP contribution >= 0.6 is 11.3 Å². The minimum atomic E-state index is 0.337. The van der Waals surface area contributed by atoms with Crippen LogP contribution < -0.4 is 0 Å². The van der Waals surface area contributed by atoms with Crippen molar-refractivity contribution in [2.75, 3.05) is 0 Å². The van der Waals surface area contributed by atoms with Gasteiger partial charge >= 0.3 is 0 Å². The number of aryl methyl sites for hydroxylation is 1. The molecule has 0 radical (unpaired) electrons. The standard InChI is InChI=1S/C20H22N4S/c1-12-3-2-4-16(5-12)17-21-22-19-24(17)23-18(25-19)20-9-13-6-14(10-20)8-15(7-13)11-20/h2-5,13-15H,6-11H2,1H3. The molecule has 0 spiro atoms. The van der Waals surface area contributed by atoms with Gasteiger partial charge in [-0.3, -0.25) is 0 Å². The lowest BCUT2D eigenvalue weighted by molar-refractivity contribution is -0.00565. The quantitative estimate of drug-likeness (QED) is 0.677. The van der Waals surface area contributed by atoms with Crippen molar-refractivity contribution in [2.45, 2.75) is 50.9 Å². The Labute approximate surface area is 151 Å². The molecule has 0 amide bonds. The summed E-state index contributed by atoms with van der Waals surface area (Å²) >= 11 is 1.78. The molecule has 4 aliphatic rings. The molecule has 4 saturated carbocycles. The summed E-state index contributed by atoms with van der Waals surface area (Å²) in [7, 11) is 0. The fourth-order valence-corrected chi connectivity index (χ4v) is 7.23. The minimum Gasteiger partial charge on any atom is -0.183 e. The summed E-state index contributed by atoms with van der Waals surface area (Å²) in [6.45, 7) is 2.11. The summed E-state index contributed by atoms with van der Waals surface area (Å²) in [6, 6.07) is 8.47. The average molecular weight is 350 g/mol. The fourth-order valence-electron chi connectivity index (χ4n) is 6.17. The van der Waals surface area contributed by atoms with Crippen molar-refractivity contribution < 1.29 is 0 Å². The molecule has 0 saturated heterocycles. The Bertz CT molecular complexity index is 934. The highest BCUT2D eigenvalue weighted by Crippen LogP contribution is 2.61. The Hall–Kier alpha value is -1.75. The van der Waals surface area contributed by atoms with E-state index in [4.69, 9.17) is 5.10 Å². The van der Waals surface area contributed by atoms with E-state index in [0.29, 0.717) is 5.41 Å². The molecule has 128 valence electrons. The van der Waals surface area contributed by atoms with Gasteiger partial charge in [-0.15, -0.1) is 10.2 Å². The number of hydrogen-bond donors (Lipinski definition) is 0. The zero-order valence-electron chi connectivity index (χ0n) is 14.5. The van der Waals surface area contributed by atoms with Crippen LogP contribution in [-0.2, 0) is 5.41 Å². The highest BCUT2D eigenvalue weighted by atomic mass is 32.1. The maximum atomic E-state index is 5.08. The smallest absolute Gasteiger partial charge is 0.183 e. The first-order valence-corrected chi connectivity index (χ1v) is 10.3. The topological polar surface area (TPSA) is 43.1 Å². The van der Waals surface area contributed by atoms with Crippen molar-refractivity contribution in [1.82, 2.24) is 19.8 Å². The van der Waals surface area contributed by atoms with E-state index < -0.39 is 0 Å². The van der Waals surface area contributed by atoms with Crippen LogP contribution in [0.2, 0.25) is 0 Å². The third-order valence-electron chi connectivity index (χ3n) is 6.76. The maximum Gasteiger partial charge on any atom is 0.234 e. The van der Waals surface area contributed by atoms with Gasteiger partial charge in [0.2, 0.25) is 4.96 Å². The molecule has 4 fully saturated rings. The Kier molecular flexibility index (Phi) is 2.83. The summed E-state index contributed by atoms with van der Waals surface area (Å²) < 4.78 is 1.99. The van der Waals surface area contributed by atoms with Crippen molar-refractivity contribution in [2.24, 2.45) is 17.8 Å². The Balaban J connectivity index is 1.46. The van der Waals surface area contributed by atoms with E-state index in [-0.39, 0.29) is 0 Å². The molecule has 5 heteroatoms. The van der Waals surface area contributed by atoms with Crippen LogP contribution in [0.4, 0.5) is 0 Å². The maximum absolute atomic E-state index is 5.08. The van der Waals surface area contributed by atoms with E-state index >= 15 is 0 Å². The molecule has 1 aromatic carbocycles. The summed E-state index contributed by atoms with van der Waals surface area (Å²) in [5.74, 6) is 3.71. The second kappa shape index (κ2) is 4.91. The van der Waals surface area contributed by atoms with E-state index in [1.54, 1.807) is 11.3 Å². The van der Waals surface area contributed by atoms with E-state index in [2.05, 4.69) is 41.4 Å². The van der Waals surface area contributed by atoms with E-state index in [1.807, 2.05) is 4.52 Å². The average Bonchev–Trinajstić information content (AvgIpc) is 3.14. The number of hydrogen-bond acceptors (Lipinski definition) is 4. The predicted octanol–water partition coefficient (Wildman–Crippen LogP) is 4.63. The predicted molar refractivity (Wildman–Crippen MR) is 98.7 cm³/mol. The van der Waals surface area contributed by atoms with Crippen molar-refractivity contribution in [1.29, 1.82) is 0 Å². The summed E-state index contributed by atoms with van der Waals surface area (Å²) in [4.78, 5) is 0.947. The Morgan fingerprint density at radius 1 is 1.04 bits per heavy atom. The number of aromatic nitrogens is 4. The van der Waals surface area contributed by atoms with Gasteiger partial charge < -0.3 is 0 Å². The highest BCUT2D eigenvalue weighted by Gasteiger charge is 2.53. The van der Waals surface area contributed by atoms with E-state index in [1.165, 1.54) is 49.1 Å². The first-order chi connectivity index (χ1) is 12.2. The van der Waals surface area contributed by atoms with Crippen molar-refractivity contribution >= 4 is 16.3 Å². The molecule has 2 aromatic heterocycles. The molecule has 3 aromatic rings. The zero-order chi connectivity index (χ0) is 16.6. The minimum absolute atomic E-state index is 0.337. The number of benzene rings is 1. The van der Waals surface area contributed by atoms with E-state index in [0.717, 1.165) is 34.1 Å². The summed E-state index contributed by atoms with van der Waals surface area (Å²) in [6.07, 6.45) is 8.46. The Morgan fingerprint density at radius 3 is 2.44 bits per heavy atom. The molecule has 0 aliphatic heterocycles. The first-order valence-electron chi connectivity index (χ1n) is 9.48. The third-order valence-corrected chi connectivity index (χ3v) is 7.90. The SMILES string of the molecule is Cc1cccc(-c2nnc3sc(C45CC6CC(CC(C6)C4)C5)nn23)c1. The highest BCUT2D eigenvalue weighted by molar-refractivity contribution is 7.16. The number of rotatable bonds is 2. The molecule has 4 nitrogen and oxygen atoms in total. The van der Waals surface area contributed by atoms with Gasteiger partial charge in [0.15, 0.2) is 5.82 Å². The number of fused-ring (bicyclic) bond motifs is 1. The monoisotopic (exact) mass is 350 g/mol. The molecule has 0 unspecified atom stereocenters. The third kappa shape index (κ3) is 2.08. The molecular formula is C20H22N4S. The van der Waals surface area contributed by atoms with Gasteiger partial charge in [0.25, 0.3) is 0 Å². The largest absolute Gasteiger partial charge is 0.234 e. The molecular weight excluding hydrogens is 328 g/mol. The molecule has 7 rings (SSSR count). The van der Waals surface area contributed by atoms with Gasteiger partial charge in [-0.2, -0.15) is 9.61 Å². The van der Waals surface area contributed by atoms with Crippen LogP contribution in [0.3, 0.4) is 0 Å². The molecule has 2 heterocycles. The van der Waals surface area contributed by atoms with Gasteiger partial charge in [0.1, 0.15) is 5.01 Å². The fraction of sp³-hybridized carbons (Fsp3) is 0.550. The lowest BCUT2D eigenvalue weighted by Crippen LogP contribution is -2.48. The van der Waals surface area contributed by atoms with Crippen molar-refractivity contribution in [3.8, 4) is 11.4 Å². The van der Waals surface area contributed by atoms with Crippen molar-refractivity contribution in [3.05, 3.63) is 34.8 Å². The zero-order valence-corrected chi connectivity index (χ0v) is 15.3. The lowest BCUT2D eigenvalue weighted by Gasteiger charge is -2.55.